The monoisotopic (exact) mass is 171 g/mol. The Bertz CT molecular complexity index is 367. The van der Waals surface area contributed by atoms with E-state index < -0.39 is 0 Å². The Balaban J connectivity index is 2.48. The summed E-state index contributed by atoms with van der Waals surface area (Å²) in [5, 5.41) is 2.61. The Morgan fingerprint density at radius 2 is 1.54 bits per heavy atom. The molecule has 0 aromatic carbocycles. The van der Waals surface area contributed by atoms with Crippen LogP contribution in [0.15, 0.2) is 42.5 Å². The molecule has 0 fully saturated rings. The highest BCUT2D eigenvalue weighted by Gasteiger charge is 1.97. The zero-order valence-electron chi connectivity index (χ0n) is 7.03. The van der Waals surface area contributed by atoms with Crippen LogP contribution in [0.4, 0.5) is 5.69 Å². The number of nitrogens with one attached hydrogen (secondary N) is 1. The molecule has 0 spiro atoms. The van der Waals surface area contributed by atoms with Gasteiger partial charge in [0.1, 0.15) is 0 Å². The molecular weight excluding hydrogens is 162 g/mol. The molecule has 64 valence electrons. The molecular formula is C11H9NO. The fourth-order valence-corrected chi connectivity index (χ4v) is 1.33. The van der Waals surface area contributed by atoms with Crippen molar-refractivity contribution in [1.29, 1.82) is 0 Å². The van der Waals surface area contributed by atoms with E-state index in [0.717, 1.165) is 5.69 Å². The highest BCUT2D eigenvalue weighted by atomic mass is 16.1. The van der Waals surface area contributed by atoms with Crippen molar-refractivity contribution in [3.63, 3.8) is 0 Å². The second-order valence-corrected chi connectivity index (χ2v) is 2.82. The van der Waals surface area contributed by atoms with E-state index in [-0.39, 0.29) is 0 Å². The average Bonchev–Trinajstić information content (AvgIpc) is 2.50. The van der Waals surface area contributed by atoms with Crippen molar-refractivity contribution in [3.05, 3.63) is 42.5 Å². The smallest absolute Gasteiger partial charge is 0.211 e. The zero-order valence-corrected chi connectivity index (χ0v) is 7.03. The van der Waals surface area contributed by atoms with Crippen LogP contribution in [-0.4, -0.2) is 6.41 Å². The first-order valence-corrected chi connectivity index (χ1v) is 4.09. The first-order chi connectivity index (χ1) is 6.40. The summed E-state index contributed by atoms with van der Waals surface area (Å²) in [5.74, 6) is 0. The molecule has 0 saturated heterocycles. The van der Waals surface area contributed by atoms with Crippen LogP contribution in [0.25, 0.3) is 11.1 Å². The predicted molar refractivity (Wildman–Crippen MR) is 52.8 cm³/mol. The molecule has 13 heavy (non-hydrogen) atoms. The van der Waals surface area contributed by atoms with E-state index in [1.807, 2.05) is 42.5 Å². The van der Waals surface area contributed by atoms with E-state index in [2.05, 4.69) is 5.32 Å². The van der Waals surface area contributed by atoms with E-state index in [1.54, 1.807) is 0 Å². The minimum absolute atomic E-state index is 0.681. The maximum atomic E-state index is 10.2. The van der Waals surface area contributed by atoms with Crippen molar-refractivity contribution < 1.29 is 4.79 Å². The molecule has 0 radical (unpaired) electrons. The molecule has 0 atom stereocenters. The van der Waals surface area contributed by atoms with Gasteiger partial charge < -0.3 is 5.32 Å². The molecule has 2 aliphatic carbocycles. The largest absolute Gasteiger partial charge is 0.329 e. The Hall–Kier alpha value is -1.83. The molecule has 0 aliphatic heterocycles. The van der Waals surface area contributed by atoms with Crippen molar-refractivity contribution >= 4 is 12.1 Å². The molecule has 0 unspecified atom stereocenters. The van der Waals surface area contributed by atoms with Gasteiger partial charge in [0.25, 0.3) is 0 Å². The Labute approximate surface area is 76.5 Å². The number of rotatable bonds is 2. The highest BCUT2D eigenvalue weighted by molar-refractivity contribution is 5.74. The fraction of sp³-hybridized carbons (Fsp3) is 0. The minimum Gasteiger partial charge on any atom is -0.329 e. The van der Waals surface area contributed by atoms with Crippen LogP contribution >= 0.6 is 0 Å². The minimum atomic E-state index is 0.681. The van der Waals surface area contributed by atoms with Gasteiger partial charge in [0, 0.05) is 5.69 Å². The number of carbonyl (C=O) groups is 1. The van der Waals surface area contributed by atoms with Crippen LogP contribution in [0, 0.1) is 0 Å². The number of anilines is 1. The number of amides is 1. The molecule has 1 amide bonds. The second-order valence-electron chi connectivity index (χ2n) is 2.82. The zero-order chi connectivity index (χ0) is 9.10. The lowest BCUT2D eigenvalue weighted by Gasteiger charge is -1.89. The summed E-state index contributed by atoms with van der Waals surface area (Å²) < 4.78 is 0. The first kappa shape index (κ1) is 7.80. The van der Waals surface area contributed by atoms with Gasteiger partial charge >= 0.3 is 0 Å². The summed E-state index contributed by atoms with van der Waals surface area (Å²) in [6, 6.07) is 13.8. The second kappa shape index (κ2) is 3.27. The van der Waals surface area contributed by atoms with Crippen molar-refractivity contribution in [3.8, 4) is 11.1 Å². The van der Waals surface area contributed by atoms with Gasteiger partial charge in [-0.05, 0) is 23.3 Å². The van der Waals surface area contributed by atoms with Crippen LogP contribution in [0.1, 0.15) is 0 Å². The lowest BCUT2D eigenvalue weighted by Crippen LogP contribution is -1.90. The van der Waals surface area contributed by atoms with Gasteiger partial charge in [-0.2, -0.15) is 0 Å². The molecule has 2 heteroatoms. The van der Waals surface area contributed by atoms with Crippen molar-refractivity contribution in [2.24, 2.45) is 0 Å². The number of fused-ring (bicyclic) bond motifs is 1. The van der Waals surface area contributed by atoms with Crippen LogP contribution in [0.2, 0.25) is 0 Å². The molecule has 0 bridgehead atoms. The van der Waals surface area contributed by atoms with Crippen molar-refractivity contribution in [2.45, 2.75) is 0 Å². The average molecular weight is 171 g/mol. The van der Waals surface area contributed by atoms with E-state index in [4.69, 9.17) is 0 Å². The number of hydrogen-bond donors (Lipinski definition) is 1. The van der Waals surface area contributed by atoms with Gasteiger partial charge in [0.15, 0.2) is 0 Å². The third kappa shape index (κ3) is 1.51. The maximum absolute atomic E-state index is 10.2. The van der Waals surface area contributed by atoms with Crippen LogP contribution in [0.3, 0.4) is 0 Å². The van der Waals surface area contributed by atoms with Crippen LogP contribution < -0.4 is 5.32 Å². The lowest BCUT2D eigenvalue weighted by molar-refractivity contribution is -0.105. The Kier molecular flexibility index (Phi) is 1.96. The van der Waals surface area contributed by atoms with Crippen LogP contribution in [-0.2, 0) is 4.79 Å². The summed E-state index contributed by atoms with van der Waals surface area (Å²) in [5.41, 5.74) is 3.17. The molecule has 2 rings (SSSR count). The summed E-state index contributed by atoms with van der Waals surface area (Å²) in [6.07, 6.45) is 0.681. The van der Waals surface area contributed by atoms with E-state index in [0.29, 0.717) is 6.41 Å². The molecule has 0 aromatic heterocycles. The highest BCUT2D eigenvalue weighted by Crippen LogP contribution is 2.22. The Morgan fingerprint density at radius 1 is 0.923 bits per heavy atom. The third-order valence-corrected chi connectivity index (χ3v) is 2.00. The maximum Gasteiger partial charge on any atom is 0.211 e. The van der Waals surface area contributed by atoms with Gasteiger partial charge in [-0.25, -0.2) is 0 Å². The van der Waals surface area contributed by atoms with Crippen molar-refractivity contribution in [1.82, 2.24) is 0 Å². The molecule has 0 heterocycles. The van der Waals surface area contributed by atoms with E-state index >= 15 is 0 Å². The van der Waals surface area contributed by atoms with Gasteiger partial charge in [-0.1, -0.05) is 30.3 Å². The van der Waals surface area contributed by atoms with Gasteiger partial charge in [0.05, 0.1) is 0 Å². The number of hydrogen-bond acceptors (Lipinski definition) is 1. The SMILES string of the molecule is O=CNc1ccc2cccc-2cc1. The van der Waals surface area contributed by atoms with E-state index in [9.17, 15) is 4.79 Å². The predicted octanol–water partition coefficient (Wildman–Crippen LogP) is 2.36. The number of carbonyl (C=O) groups excluding carboxylic acids is 1. The molecule has 2 nitrogen and oxygen atoms in total. The first-order valence-electron chi connectivity index (χ1n) is 4.09. The normalized spacial score (nSPS) is 9.85. The third-order valence-electron chi connectivity index (χ3n) is 2.00. The van der Waals surface area contributed by atoms with Gasteiger partial charge in [0.2, 0.25) is 6.41 Å². The lowest BCUT2D eigenvalue weighted by atomic mass is 10.2. The van der Waals surface area contributed by atoms with Crippen molar-refractivity contribution in [2.75, 3.05) is 5.32 Å². The van der Waals surface area contributed by atoms with Gasteiger partial charge in [-0.15, -0.1) is 0 Å². The quantitative estimate of drug-likeness (QED) is 0.690. The summed E-state index contributed by atoms with van der Waals surface area (Å²) in [7, 11) is 0. The topological polar surface area (TPSA) is 29.1 Å². The standard InChI is InChI=1S/C11H9NO/c13-8-12-11-6-4-9-2-1-3-10(9)5-7-11/h1-8H,(H,12,13). The Morgan fingerprint density at radius 3 is 2.08 bits per heavy atom. The van der Waals surface area contributed by atoms with Gasteiger partial charge in [-0.3, -0.25) is 4.79 Å². The molecule has 2 aliphatic rings. The molecule has 0 aromatic rings. The van der Waals surface area contributed by atoms with E-state index in [1.165, 1.54) is 11.1 Å². The molecule has 0 saturated carbocycles. The molecule has 1 N–H and O–H groups in total. The summed E-state index contributed by atoms with van der Waals surface area (Å²) in [6.45, 7) is 0. The van der Waals surface area contributed by atoms with Crippen LogP contribution in [0.5, 0.6) is 0 Å². The summed E-state index contributed by atoms with van der Waals surface area (Å²) >= 11 is 0. The summed E-state index contributed by atoms with van der Waals surface area (Å²) in [4.78, 5) is 10.2. The fourth-order valence-electron chi connectivity index (χ4n) is 1.33.